The Kier molecular flexibility index (Phi) is 3.32. The van der Waals surface area contributed by atoms with E-state index in [2.05, 4.69) is 9.72 Å². The third kappa shape index (κ3) is 2.78. The minimum atomic E-state index is -4.74. The molecule has 4 nitrogen and oxygen atoms in total. The number of aromatic nitrogens is 2. The van der Waals surface area contributed by atoms with Crippen LogP contribution in [0.15, 0.2) is 59.7 Å². The molecule has 0 aliphatic heterocycles. The summed E-state index contributed by atoms with van der Waals surface area (Å²) < 4.78 is 41.5. The van der Waals surface area contributed by atoms with Crippen LogP contribution >= 0.6 is 0 Å². The second-order valence-corrected chi connectivity index (χ2v) is 4.48. The predicted molar refractivity (Wildman–Crippen MR) is 73.6 cm³/mol. The van der Waals surface area contributed by atoms with E-state index in [-0.39, 0.29) is 11.3 Å². The van der Waals surface area contributed by atoms with Gasteiger partial charge in [-0.2, -0.15) is 0 Å². The molecule has 0 aliphatic carbocycles. The molecular weight excluding hydrogens is 297 g/mol. The van der Waals surface area contributed by atoms with Crippen LogP contribution in [0.5, 0.6) is 5.75 Å². The van der Waals surface area contributed by atoms with E-state index in [0.29, 0.717) is 16.8 Å². The fraction of sp³-hybridized carbons (Fsp3) is 0.0667. The Morgan fingerprint density at radius 1 is 1.05 bits per heavy atom. The first-order valence-corrected chi connectivity index (χ1v) is 6.27. The number of halogens is 3. The fourth-order valence-corrected chi connectivity index (χ4v) is 2.06. The molecule has 7 heteroatoms. The highest BCUT2D eigenvalue weighted by atomic mass is 19.4. The quantitative estimate of drug-likeness (QED) is 0.730. The van der Waals surface area contributed by atoms with E-state index in [9.17, 15) is 18.0 Å². The number of hydrogen-bond donors (Lipinski definition) is 0. The molecule has 0 fully saturated rings. The first-order valence-electron chi connectivity index (χ1n) is 6.27. The summed E-state index contributed by atoms with van der Waals surface area (Å²) in [7, 11) is 0. The molecule has 1 aromatic carbocycles. The van der Waals surface area contributed by atoms with Crippen molar-refractivity contribution in [3.05, 3.63) is 65.2 Å². The summed E-state index contributed by atoms with van der Waals surface area (Å²) >= 11 is 0. The summed E-state index contributed by atoms with van der Waals surface area (Å²) in [6, 6.07) is 10.2. The molecule has 0 bridgehead atoms. The van der Waals surface area contributed by atoms with E-state index in [0.717, 1.165) is 12.1 Å². The molecule has 2 aromatic heterocycles. The summed E-state index contributed by atoms with van der Waals surface area (Å²) in [5.74, 6) is -0.342. The zero-order valence-corrected chi connectivity index (χ0v) is 11.0. The number of ether oxygens (including phenoxy) is 1. The monoisotopic (exact) mass is 306 g/mol. The molecule has 3 rings (SSSR count). The van der Waals surface area contributed by atoms with Crippen molar-refractivity contribution in [2.75, 3.05) is 0 Å². The Morgan fingerprint density at radius 3 is 2.45 bits per heavy atom. The van der Waals surface area contributed by atoms with E-state index < -0.39 is 6.36 Å². The van der Waals surface area contributed by atoms with Gasteiger partial charge < -0.3 is 4.74 Å². The Hall–Kier alpha value is -2.83. The van der Waals surface area contributed by atoms with Crippen molar-refractivity contribution in [1.82, 2.24) is 9.38 Å². The van der Waals surface area contributed by atoms with Gasteiger partial charge in [-0.05, 0) is 29.8 Å². The molecule has 0 spiro atoms. The van der Waals surface area contributed by atoms with Gasteiger partial charge in [-0.15, -0.1) is 13.2 Å². The average molecular weight is 306 g/mol. The Labute approximate surface area is 122 Å². The lowest BCUT2D eigenvalue weighted by Crippen LogP contribution is -2.17. The lowest BCUT2D eigenvalue weighted by molar-refractivity contribution is -0.274. The van der Waals surface area contributed by atoms with Gasteiger partial charge in [-0.25, -0.2) is 4.98 Å². The van der Waals surface area contributed by atoms with E-state index >= 15 is 0 Å². The maximum Gasteiger partial charge on any atom is 0.573 e. The zero-order valence-electron chi connectivity index (χ0n) is 11.0. The highest BCUT2D eigenvalue weighted by Gasteiger charge is 2.30. The van der Waals surface area contributed by atoms with Gasteiger partial charge in [0, 0.05) is 12.4 Å². The highest BCUT2D eigenvalue weighted by molar-refractivity contribution is 5.63. The molecule has 0 atom stereocenters. The van der Waals surface area contributed by atoms with Crippen LogP contribution in [0.2, 0.25) is 0 Å². The topological polar surface area (TPSA) is 43.6 Å². The normalized spacial score (nSPS) is 11.6. The first kappa shape index (κ1) is 14.1. The van der Waals surface area contributed by atoms with Gasteiger partial charge in [0.05, 0.1) is 5.56 Å². The molecule has 3 aromatic rings. The van der Waals surface area contributed by atoms with Crippen LogP contribution in [0.3, 0.4) is 0 Å². The number of alkyl halides is 3. The van der Waals surface area contributed by atoms with Gasteiger partial charge >= 0.3 is 6.36 Å². The maximum atomic E-state index is 12.4. The SMILES string of the molecule is O=c1c(-c2ccc(OC(F)(F)F)cc2)cnc2ccccn12. The molecule has 0 saturated heterocycles. The second-order valence-electron chi connectivity index (χ2n) is 4.48. The van der Waals surface area contributed by atoms with Crippen molar-refractivity contribution in [3.63, 3.8) is 0 Å². The Balaban J connectivity index is 2.01. The third-order valence-corrected chi connectivity index (χ3v) is 3.01. The number of rotatable bonds is 2. The lowest BCUT2D eigenvalue weighted by atomic mass is 10.1. The molecule has 0 saturated carbocycles. The first-order chi connectivity index (χ1) is 10.4. The van der Waals surface area contributed by atoms with E-state index in [1.807, 2.05) is 0 Å². The molecule has 0 radical (unpaired) electrons. The van der Waals surface area contributed by atoms with Crippen LogP contribution in [0, 0.1) is 0 Å². The van der Waals surface area contributed by atoms with E-state index in [4.69, 9.17) is 0 Å². The third-order valence-electron chi connectivity index (χ3n) is 3.01. The highest BCUT2D eigenvalue weighted by Crippen LogP contribution is 2.25. The summed E-state index contributed by atoms with van der Waals surface area (Å²) in [6.07, 6.45) is -1.77. The van der Waals surface area contributed by atoms with E-state index in [1.54, 1.807) is 24.4 Å². The summed E-state index contributed by atoms with van der Waals surface area (Å²) in [4.78, 5) is 16.5. The number of fused-ring (bicyclic) bond motifs is 1. The number of pyridine rings is 1. The number of hydrogen-bond acceptors (Lipinski definition) is 3. The van der Waals surface area contributed by atoms with Crippen LogP contribution in [-0.4, -0.2) is 15.7 Å². The summed E-state index contributed by atoms with van der Waals surface area (Å²) in [5.41, 5.74) is 0.955. The number of benzene rings is 1. The molecule has 0 aliphatic rings. The second kappa shape index (κ2) is 5.18. The lowest BCUT2D eigenvalue weighted by Gasteiger charge is -2.09. The number of nitrogens with zero attached hydrogens (tertiary/aromatic N) is 2. The van der Waals surface area contributed by atoms with Crippen LogP contribution in [0.25, 0.3) is 16.8 Å². The maximum absolute atomic E-state index is 12.4. The van der Waals surface area contributed by atoms with Gasteiger partial charge in [0.2, 0.25) is 0 Å². The van der Waals surface area contributed by atoms with Crippen LogP contribution in [-0.2, 0) is 0 Å². The predicted octanol–water partition coefficient (Wildman–Crippen LogP) is 3.26. The molecular formula is C15H9F3N2O2. The molecule has 22 heavy (non-hydrogen) atoms. The van der Waals surface area contributed by atoms with Crippen LogP contribution in [0.4, 0.5) is 13.2 Å². The molecule has 2 heterocycles. The van der Waals surface area contributed by atoms with Crippen molar-refractivity contribution in [2.24, 2.45) is 0 Å². The minimum absolute atomic E-state index is 0.294. The fourth-order valence-electron chi connectivity index (χ4n) is 2.06. The van der Waals surface area contributed by atoms with Crippen molar-refractivity contribution in [3.8, 4) is 16.9 Å². The summed E-state index contributed by atoms with van der Waals surface area (Å²) in [6.45, 7) is 0. The summed E-state index contributed by atoms with van der Waals surface area (Å²) in [5, 5.41) is 0. The molecule has 0 amide bonds. The van der Waals surface area contributed by atoms with Crippen LogP contribution < -0.4 is 10.3 Å². The van der Waals surface area contributed by atoms with Gasteiger partial charge in [0.25, 0.3) is 5.56 Å². The van der Waals surface area contributed by atoms with Crippen molar-refractivity contribution in [1.29, 1.82) is 0 Å². The largest absolute Gasteiger partial charge is 0.573 e. The molecule has 0 unspecified atom stereocenters. The van der Waals surface area contributed by atoms with Crippen molar-refractivity contribution >= 4 is 5.65 Å². The minimum Gasteiger partial charge on any atom is -0.406 e. The van der Waals surface area contributed by atoms with Crippen molar-refractivity contribution < 1.29 is 17.9 Å². The Morgan fingerprint density at radius 2 is 1.77 bits per heavy atom. The van der Waals surface area contributed by atoms with Gasteiger partial charge in [-0.3, -0.25) is 9.20 Å². The smallest absolute Gasteiger partial charge is 0.406 e. The van der Waals surface area contributed by atoms with Gasteiger partial charge in [0.15, 0.2) is 0 Å². The van der Waals surface area contributed by atoms with Crippen molar-refractivity contribution in [2.45, 2.75) is 6.36 Å². The zero-order chi connectivity index (χ0) is 15.7. The standard InChI is InChI=1S/C15H9F3N2O2/c16-15(17,18)22-11-6-4-10(5-7-11)12-9-19-13-3-1-2-8-20(13)14(12)21/h1-9H. The van der Waals surface area contributed by atoms with E-state index in [1.165, 1.54) is 22.7 Å². The van der Waals surface area contributed by atoms with Gasteiger partial charge in [0.1, 0.15) is 11.4 Å². The Bertz CT molecular complexity index is 870. The average Bonchev–Trinajstić information content (AvgIpc) is 2.47. The van der Waals surface area contributed by atoms with Gasteiger partial charge in [-0.1, -0.05) is 18.2 Å². The molecule has 112 valence electrons. The molecule has 0 N–H and O–H groups in total. The van der Waals surface area contributed by atoms with Crippen LogP contribution in [0.1, 0.15) is 0 Å².